The van der Waals surface area contributed by atoms with Gasteiger partial charge < -0.3 is 0 Å². The molecule has 0 heterocycles. The first-order valence-corrected chi connectivity index (χ1v) is 9.30. The number of aryl methyl sites for hydroxylation is 1. The molecule has 0 aliphatic carbocycles. The Morgan fingerprint density at radius 2 is 1.44 bits per heavy atom. The molecule has 5 heteroatoms. The van der Waals surface area contributed by atoms with Crippen molar-refractivity contribution in [2.75, 3.05) is 4.31 Å². The zero-order chi connectivity index (χ0) is 17.9. The molecule has 0 aromatic heterocycles. The highest BCUT2D eigenvalue weighted by molar-refractivity contribution is 7.92. The summed E-state index contributed by atoms with van der Waals surface area (Å²) < 4.78 is 41.8. The molecule has 0 N–H and O–H groups in total. The summed E-state index contributed by atoms with van der Waals surface area (Å²) in [5.74, 6) is -0.575. The van der Waals surface area contributed by atoms with E-state index in [2.05, 4.69) is 0 Å². The minimum Gasteiger partial charge on any atom is -0.259 e. The Labute approximate surface area is 147 Å². The summed E-state index contributed by atoms with van der Waals surface area (Å²) in [6.07, 6.45) is 0. The molecule has 0 atom stereocenters. The molecule has 0 unspecified atom stereocenters. The average molecular weight is 355 g/mol. The first-order chi connectivity index (χ1) is 12.0. The van der Waals surface area contributed by atoms with Crippen molar-refractivity contribution in [3.63, 3.8) is 0 Å². The van der Waals surface area contributed by atoms with E-state index in [9.17, 15) is 12.8 Å². The Hall–Kier alpha value is -2.66. The standard InChI is InChI=1S/C20H18FNO2S/c1-16-11-13-18(14-12-16)25(23,24)22(15-17-7-3-2-4-8-17)20-10-6-5-9-19(20)21/h2-14H,15H2,1H3. The normalized spacial score (nSPS) is 11.3. The van der Waals surface area contributed by atoms with Crippen molar-refractivity contribution in [3.05, 3.63) is 95.8 Å². The third-order valence-corrected chi connectivity index (χ3v) is 5.67. The highest BCUT2D eigenvalue weighted by Crippen LogP contribution is 2.28. The molecule has 0 saturated heterocycles. The second kappa shape index (κ2) is 7.07. The van der Waals surface area contributed by atoms with Gasteiger partial charge in [-0.05, 0) is 36.8 Å². The molecule has 3 nitrogen and oxygen atoms in total. The van der Waals surface area contributed by atoms with E-state index in [1.54, 1.807) is 30.3 Å². The number of nitrogens with zero attached hydrogens (tertiary/aromatic N) is 1. The van der Waals surface area contributed by atoms with E-state index >= 15 is 0 Å². The second-order valence-electron chi connectivity index (χ2n) is 5.76. The summed E-state index contributed by atoms with van der Waals surface area (Å²) in [7, 11) is -3.90. The van der Waals surface area contributed by atoms with Crippen LogP contribution in [0.2, 0.25) is 0 Å². The number of anilines is 1. The summed E-state index contributed by atoms with van der Waals surface area (Å²) >= 11 is 0. The van der Waals surface area contributed by atoms with E-state index in [1.165, 1.54) is 18.2 Å². The fourth-order valence-corrected chi connectivity index (χ4v) is 4.00. The largest absolute Gasteiger partial charge is 0.264 e. The molecular weight excluding hydrogens is 337 g/mol. The number of benzene rings is 3. The molecule has 128 valence electrons. The quantitative estimate of drug-likeness (QED) is 0.674. The van der Waals surface area contributed by atoms with Crippen molar-refractivity contribution in [3.8, 4) is 0 Å². The van der Waals surface area contributed by atoms with Crippen molar-refractivity contribution in [2.45, 2.75) is 18.4 Å². The molecule has 3 rings (SSSR count). The maximum Gasteiger partial charge on any atom is 0.264 e. The lowest BCUT2D eigenvalue weighted by Crippen LogP contribution is -2.31. The van der Waals surface area contributed by atoms with Crippen LogP contribution in [-0.4, -0.2) is 8.42 Å². The highest BCUT2D eigenvalue weighted by atomic mass is 32.2. The van der Waals surface area contributed by atoms with Crippen LogP contribution in [0.5, 0.6) is 0 Å². The topological polar surface area (TPSA) is 37.4 Å². The summed E-state index contributed by atoms with van der Waals surface area (Å²) in [4.78, 5) is 0.136. The van der Waals surface area contributed by atoms with Crippen molar-refractivity contribution in [1.29, 1.82) is 0 Å². The van der Waals surface area contributed by atoms with Gasteiger partial charge in [-0.3, -0.25) is 4.31 Å². The van der Waals surface area contributed by atoms with Crippen molar-refractivity contribution in [2.24, 2.45) is 0 Å². The number of para-hydroxylation sites is 1. The van der Waals surface area contributed by atoms with E-state index in [0.717, 1.165) is 15.4 Å². The van der Waals surface area contributed by atoms with Gasteiger partial charge in [0.25, 0.3) is 10.0 Å². The number of sulfonamides is 1. The third kappa shape index (κ3) is 3.72. The van der Waals surface area contributed by atoms with E-state index in [0.29, 0.717) is 0 Å². The van der Waals surface area contributed by atoms with Crippen LogP contribution in [0, 0.1) is 12.7 Å². The highest BCUT2D eigenvalue weighted by Gasteiger charge is 2.27. The van der Waals surface area contributed by atoms with Crippen LogP contribution in [0.1, 0.15) is 11.1 Å². The lowest BCUT2D eigenvalue weighted by Gasteiger charge is -2.25. The summed E-state index contributed by atoms with van der Waals surface area (Å²) in [6, 6.07) is 21.6. The molecule has 0 aliphatic rings. The van der Waals surface area contributed by atoms with Gasteiger partial charge in [-0.1, -0.05) is 60.2 Å². The SMILES string of the molecule is Cc1ccc(S(=O)(=O)N(Cc2ccccc2)c2ccccc2F)cc1. The number of hydrogen-bond acceptors (Lipinski definition) is 2. The van der Waals surface area contributed by atoms with Crippen LogP contribution >= 0.6 is 0 Å². The smallest absolute Gasteiger partial charge is 0.259 e. The van der Waals surface area contributed by atoms with Gasteiger partial charge in [0.2, 0.25) is 0 Å². The Kier molecular flexibility index (Phi) is 4.86. The zero-order valence-corrected chi connectivity index (χ0v) is 14.6. The minimum absolute atomic E-state index is 0.0342. The maximum absolute atomic E-state index is 14.3. The molecule has 3 aromatic rings. The number of hydrogen-bond donors (Lipinski definition) is 0. The molecule has 0 amide bonds. The van der Waals surface area contributed by atoms with Gasteiger partial charge in [-0.15, -0.1) is 0 Å². The van der Waals surface area contributed by atoms with E-state index in [1.807, 2.05) is 37.3 Å². The average Bonchev–Trinajstić information content (AvgIpc) is 2.62. The Morgan fingerprint density at radius 1 is 0.840 bits per heavy atom. The number of rotatable bonds is 5. The maximum atomic E-state index is 14.3. The van der Waals surface area contributed by atoms with Gasteiger partial charge in [0.15, 0.2) is 0 Å². The first kappa shape index (κ1) is 17.2. The van der Waals surface area contributed by atoms with E-state index in [-0.39, 0.29) is 17.1 Å². The second-order valence-corrected chi connectivity index (χ2v) is 7.62. The van der Waals surface area contributed by atoms with Gasteiger partial charge in [0.1, 0.15) is 5.82 Å². The Balaban J connectivity index is 2.10. The summed E-state index contributed by atoms with van der Waals surface area (Å²) in [5, 5.41) is 0. The zero-order valence-electron chi connectivity index (χ0n) is 13.8. The lowest BCUT2D eigenvalue weighted by atomic mass is 10.2. The van der Waals surface area contributed by atoms with Gasteiger partial charge in [0.05, 0.1) is 17.1 Å². The van der Waals surface area contributed by atoms with Crippen LogP contribution in [0.25, 0.3) is 0 Å². The molecule has 0 aliphatic heterocycles. The van der Waals surface area contributed by atoms with Crippen molar-refractivity contribution < 1.29 is 12.8 Å². The fourth-order valence-electron chi connectivity index (χ4n) is 2.54. The monoisotopic (exact) mass is 355 g/mol. The predicted molar refractivity (Wildman–Crippen MR) is 97.4 cm³/mol. The van der Waals surface area contributed by atoms with E-state index < -0.39 is 15.8 Å². The molecule has 25 heavy (non-hydrogen) atoms. The molecule has 0 bridgehead atoms. The molecule has 0 fully saturated rings. The molecule has 3 aromatic carbocycles. The van der Waals surface area contributed by atoms with Gasteiger partial charge in [-0.2, -0.15) is 0 Å². The van der Waals surface area contributed by atoms with Crippen LogP contribution in [0.3, 0.4) is 0 Å². The van der Waals surface area contributed by atoms with Crippen LogP contribution in [0.4, 0.5) is 10.1 Å². The molecule has 0 saturated carbocycles. The Morgan fingerprint density at radius 3 is 2.08 bits per heavy atom. The lowest BCUT2D eigenvalue weighted by molar-refractivity contribution is 0.584. The van der Waals surface area contributed by atoms with Crippen LogP contribution in [0.15, 0.2) is 83.8 Å². The molecular formula is C20H18FNO2S. The Bertz CT molecular complexity index is 955. The van der Waals surface area contributed by atoms with Crippen LogP contribution in [-0.2, 0) is 16.6 Å². The van der Waals surface area contributed by atoms with Crippen molar-refractivity contribution >= 4 is 15.7 Å². The molecule has 0 radical (unpaired) electrons. The van der Waals surface area contributed by atoms with Gasteiger partial charge in [-0.25, -0.2) is 12.8 Å². The minimum atomic E-state index is -3.90. The first-order valence-electron chi connectivity index (χ1n) is 7.86. The van der Waals surface area contributed by atoms with Gasteiger partial charge in [0, 0.05) is 0 Å². The number of halogens is 1. The predicted octanol–water partition coefficient (Wildman–Crippen LogP) is 4.53. The molecule has 0 spiro atoms. The summed E-state index contributed by atoms with van der Waals surface area (Å²) in [6.45, 7) is 1.94. The van der Waals surface area contributed by atoms with E-state index in [4.69, 9.17) is 0 Å². The van der Waals surface area contributed by atoms with Crippen LogP contribution < -0.4 is 4.31 Å². The third-order valence-electron chi connectivity index (χ3n) is 3.90. The van der Waals surface area contributed by atoms with Gasteiger partial charge >= 0.3 is 0 Å². The van der Waals surface area contributed by atoms with Crippen molar-refractivity contribution in [1.82, 2.24) is 0 Å². The fraction of sp³-hybridized carbons (Fsp3) is 0.100. The summed E-state index contributed by atoms with van der Waals surface area (Å²) in [5.41, 5.74) is 1.77.